The number of piperidine rings is 1. The molecule has 0 aromatic heterocycles. The Morgan fingerprint density at radius 1 is 1.04 bits per heavy atom. The summed E-state index contributed by atoms with van der Waals surface area (Å²) in [5, 5.41) is 6.97. The van der Waals surface area contributed by atoms with E-state index in [9.17, 15) is 0 Å². The van der Waals surface area contributed by atoms with Gasteiger partial charge in [0, 0.05) is 38.8 Å². The van der Waals surface area contributed by atoms with E-state index in [2.05, 4.69) is 41.2 Å². The van der Waals surface area contributed by atoms with E-state index in [4.69, 9.17) is 4.99 Å². The Kier molecular flexibility index (Phi) is 12.9. The topological polar surface area (TPSA) is 42.9 Å². The molecule has 0 aromatic rings. The number of guanidine groups is 1. The first kappa shape index (κ1) is 24.0. The third-order valence-electron chi connectivity index (χ3n) is 5.67. The second-order valence-electron chi connectivity index (χ2n) is 7.70. The highest BCUT2D eigenvalue weighted by Gasteiger charge is 2.22. The standard InChI is InChI=1S/C20H41N5.HI/c1-4-12-24-14-10-18(17-24)16-23-20(21-6-3)22-11-15-25-13-8-7-9-19(25)5-2;/h18-19H,4-17H2,1-3H3,(H2,21,22,23);1H. The smallest absolute Gasteiger partial charge is 0.191 e. The number of hydrogen-bond acceptors (Lipinski definition) is 3. The van der Waals surface area contributed by atoms with Gasteiger partial charge in [-0.15, -0.1) is 24.0 Å². The van der Waals surface area contributed by atoms with E-state index in [-0.39, 0.29) is 24.0 Å². The third kappa shape index (κ3) is 8.30. The molecular formula is C20H42IN5. The van der Waals surface area contributed by atoms with E-state index in [1.807, 2.05) is 0 Å². The third-order valence-corrected chi connectivity index (χ3v) is 5.67. The van der Waals surface area contributed by atoms with Gasteiger partial charge in [0.2, 0.25) is 0 Å². The van der Waals surface area contributed by atoms with Gasteiger partial charge in [0.15, 0.2) is 5.96 Å². The average molecular weight is 479 g/mol. The molecule has 0 radical (unpaired) electrons. The molecule has 2 saturated heterocycles. The van der Waals surface area contributed by atoms with Gasteiger partial charge in [-0.05, 0) is 64.6 Å². The number of nitrogens with one attached hydrogen (secondary N) is 2. The normalized spacial score (nSPS) is 25.1. The predicted molar refractivity (Wildman–Crippen MR) is 124 cm³/mol. The maximum atomic E-state index is 4.86. The summed E-state index contributed by atoms with van der Waals surface area (Å²) in [5.74, 6) is 1.73. The first-order valence-electron chi connectivity index (χ1n) is 10.7. The van der Waals surface area contributed by atoms with E-state index < -0.39 is 0 Å². The van der Waals surface area contributed by atoms with Crippen molar-refractivity contribution in [3.63, 3.8) is 0 Å². The summed E-state index contributed by atoms with van der Waals surface area (Å²) in [6.45, 7) is 15.7. The zero-order valence-electron chi connectivity index (χ0n) is 17.3. The summed E-state index contributed by atoms with van der Waals surface area (Å²) in [7, 11) is 0. The highest BCUT2D eigenvalue weighted by Crippen LogP contribution is 2.18. The monoisotopic (exact) mass is 479 g/mol. The Balaban J connectivity index is 0.00000338. The van der Waals surface area contributed by atoms with Crippen molar-refractivity contribution in [1.29, 1.82) is 0 Å². The molecule has 6 heteroatoms. The van der Waals surface area contributed by atoms with Gasteiger partial charge < -0.3 is 15.5 Å². The highest BCUT2D eigenvalue weighted by molar-refractivity contribution is 14.0. The van der Waals surface area contributed by atoms with Crippen LogP contribution in [0.3, 0.4) is 0 Å². The SMILES string of the molecule is CCCN1CCC(CN=C(NCC)NCCN2CCCCC2CC)C1.I. The molecule has 26 heavy (non-hydrogen) atoms. The summed E-state index contributed by atoms with van der Waals surface area (Å²) in [4.78, 5) is 10.1. The predicted octanol–water partition coefficient (Wildman–Crippen LogP) is 3.16. The molecule has 2 N–H and O–H groups in total. The van der Waals surface area contributed by atoms with Gasteiger partial charge in [-0.3, -0.25) is 9.89 Å². The van der Waals surface area contributed by atoms with E-state index >= 15 is 0 Å². The first-order valence-corrected chi connectivity index (χ1v) is 10.7. The number of nitrogens with zero attached hydrogens (tertiary/aromatic N) is 3. The van der Waals surface area contributed by atoms with E-state index in [0.29, 0.717) is 0 Å². The lowest BCUT2D eigenvalue weighted by Gasteiger charge is -2.35. The van der Waals surface area contributed by atoms with Crippen molar-refractivity contribution in [3.8, 4) is 0 Å². The molecule has 0 bridgehead atoms. The average Bonchev–Trinajstić information content (AvgIpc) is 3.08. The summed E-state index contributed by atoms with van der Waals surface area (Å²) in [5.41, 5.74) is 0. The fourth-order valence-corrected chi connectivity index (χ4v) is 4.28. The van der Waals surface area contributed by atoms with Crippen LogP contribution in [0.25, 0.3) is 0 Å². The lowest BCUT2D eigenvalue weighted by atomic mass is 10.0. The van der Waals surface area contributed by atoms with E-state index in [1.54, 1.807) is 0 Å². The second-order valence-corrected chi connectivity index (χ2v) is 7.70. The Morgan fingerprint density at radius 2 is 1.88 bits per heavy atom. The molecule has 2 heterocycles. The minimum atomic E-state index is 0. The van der Waals surface area contributed by atoms with Gasteiger partial charge >= 0.3 is 0 Å². The highest BCUT2D eigenvalue weighted by atomic mass is 127. The molecule has 2 unspecified atom stereocenters. The van der Waals surface area contributed by atoms with Crippen LogP contribution in [-0.2, 0) is 0 Å². The molecule has 2 fully saturated rings. The van der Waals surface area contributed by atoms with Crippen LogP contribution in [-0.4, -0.2) is 74.2 Å². The number of halogens is 1. The van der Waals surface area contributed by atoms with Crippen molar-refractivity contribution >= 4 is 29.9 Å². The minimum Gasteiger partial charge on any atom is -0.357 e. The van der Waals surface area contributed by atoms with Gasteiger partial charge in [0.25, 0.3) is 0 Å². The number of aliphatic imine (C=N–C) groups is 1. The van der Waals surface area contributed by atoms with E-state index in [1.165, 1.54) is 64.7 Å². The largest absolute Gasteiger partial charge is 0.357 e. The quantitative estimate of drug-likeness (QED) is 0.303. The van der Waals surface area contributed by atoms with Gasteiger partial charge in [-0.1, -0.05) is 20.3 Å². The van der Waals surface area contributed by atoms with Gasteiger partial charge in [-0.25, -0.2) is 0 Å². The molecule has 0 aliphatic carbocycles. The van der Waals surface area contributed by atoms with Crippen LogP contribution in [0.2, 0.25) is 0 Å². The molecule has 154 valence electrons. The molecule has 0 saturated carbocycles. The van der Waals surface area contributed by atoms with Crippen molar-refractivity contribution in [2.24, 2.45) is 10.9 Å². The fourth-order valence-electron chi connectivity index (χ4n) is 4.28. The Labute approximate surface area is 178 Å². The van der Waals surface area contributed by atoms with Crippen LogP contribution < -0.4 is 10.6 Å². The molecule has 0 spiro atoms. The first-order chi connectivity index (χ1) is 12.3. The summed E-state index contributed by atoms with van der Waals surface area (Å²) < 4.78 is 0. The van der Waals surface area contributed by atoms with Crippen LogP contribution in [0.5, 0.6) is 0 Å². The maximum Gasteiger partial charge on any atom is 0.191 e. The minimum absolute atomic E-state index is 0. The summed E-state index contributed by atoms with van der Waals surface area (Å²) in [6, 6.07) is 0.790. The van der Waals surface area contributed by atoms with Crippen molar-refractivity contribution in [3.05, 3.63) is 0 Å². The van der Waals surface area contributed by atoms with Crippen LogP contribution >= 0.6 is 24.0 Å². The maximum absolute atomic E-state index is 4.86. The molecule has 0 amide bonds. The van der Waals surface area contributed by atoms with Crippen molar-refractivity contribution in [2.45, 2.75) is 65.3 Å². The van der Waals surface area contributed by atoms with E-state index in [0.717, 1.165) is 44.1 Å². The summed E-state index contributed by atoms with van der Waals surface area (Å²) >= 11 is 0. The fraction of sp³-hybridized carbons (Fsp3) is 0.950. The van der Waals surface area contributed by atoms with Crippen molar-refractivity contribution in [2.75, 3.05) is 52.4 Å². The molecule has 2 aliphatic rings. The van der Waals surface area contributed by atoms with Gasteiger partial charge in [0.05, 0.1) is 0 Å². The van der Waals surface area contributed by atoms with Gasteiger partial charge in [-0.2, -0.15) is 0 Å². The molecule has 0 aromatic carbocycles. The molecule has 2 rings (SSSR count). The van der Waals surface area contributed by atoms with Crippen LogP contribution in [0.1, 0.15) is 59.3 Å². The number of hydrogen-bond donors (Lipinski definition) is 2. The molecule has 2 aliphatic heterocycles. The zero-order chi connectivity index (χ0) is 17.9. The number of rotatable bonds is 9. The zero-order valence-corrected chi connectivity index (χ0v) is 19.6. The van der Waals surface area contributed by atoms with Crippen LogP contribution in [0, 0.1) is 5.92 Å². The lowest BCUT2D eigenvalue weighted by Crippen LogP contribution is -2.46. The molecule has 2 atom stereocenters. The number of likely N-dealkylation sites (tertiary alicyclic amines) is 2. The van der Waals surface area contributed by atoms with Gasteiger partial charge in [0.1, 0.15) is 0 Å². The lowest BCUT2D eigenvalue weighted by molar-refractivity contribution is 0.147. The summed E-state index contributed by atoms with van der Waals surface area (Å²) in [6.07, 6.45) is 7.98. The second kappa shape index (κ2) is 14.0. The van der Waals surface area contributed by atoms with Crippen LogP contribution in [0.15, 0.2) is 4.99 Å². The Bertz CT molecular complexity index is 390. The Hall–Kier alpha value is -0.0800. The van der Waals surface area contributed by atoms with Crippen LogP contribution in [0.4, 0.5) is 0 Å². The molecular weight excluding hydrogens is 437 g/mol. The van der Waals surface area contributed by atoms with Crippen molar-refractivity contribution < 1.29 is 0 Å². The molecule has 5 nitrogen and oxygen atoms in total. The Morgan fingerprint density at radius 3 is 2.62 bits per heavy atom. The van der Waals surface area contributed by atoms with Crippen molar-refractivity contribution in [1.82, 2.24) is 20.4 Å².